The molecule has 1 aromatic carbocycles. The van der Waals surface area contributed by atoms with Crippen molar-refractivity contribution in [2.75, 3.05) is 11.9 Å². The Morgan fingerprint density at radius 1 is 1.20 bits per heavy atom. The topological polar surface area (TPSA) is 54.3 Å². The van der Waals surface area contributed by atoms with E-state index in [0.29, 0.717) is 6.54 Å². The van der Waals surface area contributed by atoms with Crippen molar-refractivity contribution in [1.82, 2.24) is 5.32 Å². The van der Waals surface area contributed by atoms with Gasteiger partial charge in [-0.15, -0.1) is 0 Å². The molecule has 0 radical (unpaired) electrons. The summed E-state index contributed by atoms with van der Waals surface area (Å²) in [6.07, 6.45) is 5.13. The summed E-state index contributed by atoms with van der Waals surface area (Å²) in [7, 11) is 0. The van der Waals surface area contributed by atoms with Crippen LogP contribution < -0.4 is 10.6 Å². The van der Waals surface area contributed by atoms with Crippen molar-refractivity contribution in [2.45, 2.75) is 25.8 Å². The third-order valence-corrected chi connectivity index (χ3v) is 3.55. The molecule has 1 aliphatic rings. The van der Waals surface area contributed by atoms with Crippen LogP contribution in [0.2, 0.25) is 0 Å². The maximum absolute atomic E-state index is 11.8. The third kappa shape index (κ3) is 3.08. The van der Waals surface area contributed by atoms with Gasteiger partial charge in [0.2, 0.25) is 5.91 Å². The quantitative estimate of drug-likeness (QED) is 0.877. The molecule has 3 rings (SSSR count). The molecule has 2 N–H and O–H groups in total. The molecule has 0 unspecified atom stereocenters. The minimum Gasteiger partial charge on any atom is -0.468 e. The van der Waals surface area contributed by atoms with E-state index in [1.807, 2.05) is 18.2 Å². The second kappa shape index (κ2) is 5.92. The van der Waals surface area contributed by atoms with Crippen LogP contribution in [0.5, 0.6) is 0 Å². The lowest BCUT2D eigenvalue weighted by atomic mass is 10.1. The van der Waals surface area contributed by atoms with Crippen LogP contribution in [-0.4, -0.2) is 12.5 Å². The molecule has 0 fully saturated rings. The predicted octanol–water partition coefficient (Wildman–Crippen LogP) is 2.50. The largest absolute Gasteiger partial charge is 0.468 e. The fourth-order valence-corrected chi connectivity index (χ4v) is 2.57. The number of rotatable bonds is 5. The van der Waals surface area contributed by atoms with Crippen LogP contribution >= 0.6 is 0 Å². The molecule has 0 saturated carbocycles. The van der Waals surface area contributed by atoms with Gasteiger partial charge in [0.25, 0.3) is 0 Å². The number of carbonyl (C=O) groups excluding carboxylic acids is 1. The smallest absolute Gasteiger partial charge is 0.238 e. The van der Waals surface area contributed by atoms with Crippen molar-refractivity contribution in [2.24, 2.45) is 0 Å². The molecule has 0 atom stereocenters. The average Bonchev–Trinajstić information content (AvgIpc) is 3.08. The first kappa shape index (κ1) is 12.9. The summed E-state index contributed by atoms with van der Waals surface area (Å²) < 4.78 is 5.19. The standard InChI is InChI=1S/C16H18N2O2/c19-16(11-17-10-15-5-2-8-20-15)18-14-7-6-12-3-1-4-13(12)9-14/h2,5-9,17H,1,3-4,10-11H2,(H,18,19). The van der Waals surface area contributed by atoms with Gasteiger partial charge in [0.05, 0.1) is 19.4 Å². The highest BCUT2D eigenvalue weighted by molar-refractivity contribution is 5.92. The van der Waals surface area contributed by atoms with E-state index in [1.165, 1.54) is 17.5 Å². The molecule has 0 saturated heterocycles. The zero-order chi connectivity index (χ0) is 13.8. The Labute approximate surface area is 118 Å². The van der Waals surface area contributed by atoms with Crippen LogP contribution in [0.15, 0.2) is 41.0 Å². The number of anilines is 1. The molecule has 20 heavy (non-hydrogen) atoms. The number of hydrogen-bond donors (Lipinski definition) is 2. The monoisotopic (exact) mass is 270 g/mol. The van der Waals surface area contributed by atoms with Crippen molar-refractivity contribution < 1.29 is 9.21 Å². The van der Waals surface area contributed by atoms with E-state index in [-0.39, 0.29) is 12.5 Å². The Bertz CT molecular complexity index is 591. The summed E-state index contributed by atoms with van der Waals surface area (Å²) in [5.41, 5.74) is 3.67. The van der Waals surface area contributed by atoms with Crippen molar-refractivity contribution in [1.29, 1.82) is 0 Å². The molecule has 0 aliphatic heterocycles. The van der Waals surface area contributed by atoms with Crippen LogP contribution in [0, 0.1) is 0 Å². The Morgan fingerprint density at radius 2 is 2.10 bits per heavy atom. The normalized spacial score (nSPS) is 13.2. The van der Waals surface area contributed by atoms with Crippen LogP contribution in [0.3, 0.4) is 0 Å². The summed E-state index contributed by atoms with van der Waals surface area (Å²) in [5.74, 6) is 0.796. The lowest BCUT2D eigenvalue weighted by molar-refractivity contribution is -0.115. The molecule has 1 amide bonds. The second-order valence-electron chi connectivity index (χ2n) is 5.07. The van der Waals surface area contributed by atoms with Crippen LogP contribution in [0.1, 0.15) is 23.3 Å². The molecule has 1 heterocycles. The number of benzene rings is 1. The summed E-state index contributed by atoms with van der Waals surface area (Å²) in [5, 5.41) is 5.97. The van der Waals surface area contributed by atoms with Gasteiger partial charge in [-0.05, 0) is 54.7 Å². The molecule has 0 bridgehead atoms. The van der Waals surface area contributed by atoms with Gasteiger partial charge >= 0.3 is 0 Å². The van der Waals surface area contributed by atoms with Gasteiger partial charge in [-0.1, -0.05) is 6.07 Å². The zero-order valence-corrected chi connectivity index (χ0v) is 11.3. The molecule has 2 aromatic rings. The van der Waals surface area contributed by atoms with E-state index in [2.05, 4.69) is 22.8 Å². The number of fused-ring (bicyclic) bond motifs is 1. The van der Waals surface area contributed by atoms with Gasteiger partial charge in [-0.3, -0.25) is 4.79 Å². The number of amides is 1. The highest BCUT2D eigenvalue weighted by Gasteiger charge is 2.11. The third-order valence-electron chi connectivity index (χ3n) is 3.55. The minimum atomic E-state index is -0.0329. The van der Waals surface area contributed by atoms with E-state index in [4.69, 9.17) is 4.42 Å². The second-order valence-corrected chi connectivity index (χ2v) is 5.07. The molecule has 1 aliphatic carbocycles. The van der Waals surface area contributed by atoms with Gasteiger partial charge in [0, 0.05) is 5.69 Å². The van der Waals surface area contributed by atoms with Crippen LogP contribution in [0.4, 0.5) is 5.69 Å². The Balaban J connectivity index is 1.49. The first-order valence-corrected chi connectivity index (χ1v) is 6.96. The minimum absolute atomic E-state index is 0.0329. The number of nitrogens with one attached hydrogen (secondary N) is 2. The fraction of sp³-hybridized carbons (Fsp3) is 0.312. The molecule has 4 nitrogen and oxygen atoms in total. The van der Waals surface area contributed by atoms with Gasteiger partial charge in [-0.2, -0.15) is 0 Å². The average molecular weight is 270 g/mol. The van der Waals surface area contributed by atoms with E-state index in [1.54, 1.807) is 6.26 Å². The molecular weight excluding hydrogens is 252 g/mol. The Kier molecular flexibility index (Phi) is 3.83. The highest BCUT2D eigenvalue weighted by atomic mass is 16.3. The number of aryl methyl sites for hydroxylation is 2. The number of carbonyl (C=O) groups is 1. The lowest BCUT2D eigenvalue weighted by Gasteiger charge is -2.08. The fourth-order valence-electron chi connectivity index (χ4n) is 2.57. The molecule has 1 aromatic heterocycles. The van der Waals surface area contributed by atoms with Crippen molar-refractivity contribution in [3.8, 4) is 0 Å². The van der Waals surface area contributed by atoms with Crippen molar-refractivity contribution in [3.63, 3.8) is 0 Å². The van der Waals surface area contributed by atoms with Crippen LogP contribution in [0.25, 0.3) is 0 Å². The SMILES string of the molecule is O=C(CNCc1ccco1)Nc1ccc2c(c1)CCC2. The maximum Gasteiger partial charge on any atom is 0.238 e. The molecule has 0 spiro atoms. The number of furan rings is 1. The summed E-state index contributed by atoms with van der Waals surface area (Å²) in [4.78, 5) is 11.8. The van der Waals surface area contributed by atoms with E-state index in [0.717, 1.165) is 24.3 Å². The van der Waals surface area contributed by atoms with Gasteiger partial charge in [0.15, 0.2) is 0 Å². The Morgan fingerprint density at radius 3 is 2.95 bits per heavy atom. The van der Waals surface area contributed by atoms with Crippen molar-refractivity contribution >= 4 is 11.6 Å². The first-order chi connectivity index (χ1) is 9.81. The lowest BCUT2D eigenvalue weighted by Crippen LogP contribution is -2.27. The maximum atomic E-state index is 11.8. The predicted molar refractivity (Wildman–Crippen MR) is 77.5 cm³/mol. The molecule has 104 valence electrons. The van der Waals surface area contributed by atoms with Gasteiger partial charge in [-0.25, -0.2) is 0 Å². The molecular formula is C16H18N2O2. The molecule has 4 heteroatoms. The number of hydrogen-bond acceptors (Lipinski definition) is 3. The highest BCUT2D eigenvalue weighted by Crippen LogP contribution is 2.24. The van der Waals surface area contributed by atoms with E-state index < -0.39 is 0 Å². The zero-order valence-electron chi connectivity index (χ0n) is 11.3. The summed E-state index contributed by atoms with van der Waals surface area (Å²) >= 11 is 0. The van der Waals surface area contributed by atoms with Gasteiger partial charge < -0.3 is 15.1 Å². The van der Waals surface area contributed by atoms with Crippen LogP contribution in [-0.2, 0) is 24.2 Å². The van der Waals surface area contributed by atoms with E-state index >= 15 is 0 Å². The van der Waals surface area contributed by atoms with Crippen molar-refractivity contribution in [3.05, 3.63) is 53.5 Å². The van der Waals surface area contributed by atoms with Gasteiger partial charge in [0.1, 0.15) is 5.76 Å². The Hall–Kier alpha value is -2.07. The summed E-state index contributed by atoms with van der Waals surface area (Å²) in [6.45, 7) is 0.836. The van der Waals surface area contributed by atoms with E-state index in [9.17, 15) is 4.79 Å². The first-order valence-electron chi connectivity index (χ1n) is 6.96. The summed E-state index contributed by atoms with van der Waals surface area (Å²) in [6, 6.07) is 9.91.